The maximum Gasteiger partial charge on any atom is 0.240 e. The van der Waals surface area contributed by atoms with Crippen molar-refractivity contribution < 1.29 is 4.52 Å². The molecule has 7 heteroatoms. The Bertz CT molecular complexity index is 488. The van der Waals surface area contributed by atoms with Crippen molar-refractivity contribution >= 4 is 11.3 Å². The molecule has 2 N–H and O–H groups in total. The summed E-state index contributed by atoms with van der Waals surface area (Å²) in [4.78, 5) is 10.6. The van der Waals surface area contributed by atoms with Crippen LogP contribution in [0.25, 0.3) is 0 Å². The zero-order chi connectivity index (χ0) is 13.2. The molecule has 0 saturated heterocycles. The second-order valence-electron chi connectivity index (χ2n) is 4.89. The Labute approximate surface area is 110 Å². The molecule has 2 aromatic heterocycles. The Kier molecular flexibility index (Phi) is 3.74. The quantitative estimate of drug-likeness (QED) is 0.880. The molecule has 0 unspecified atom stereocenters. The number of hydrogen-bond donors (Lipinski definition) is 1. The van der Waals surface area contributed by atoms with E-state index < -0.39 is 5.54 Å². The minimum atomic E-state index is -0.574. The summed E-state index contributed by atoms with van der Waals surface area (Å²) in [5.41, 5.74) is 8.20. The van der Waals surface area contributed by atoms with Gasteiger partial charge in [-0.1, -0.05) is 5.16 Å². The van der Waals surface area contributed by atoms with Crippen LogP contribution in [0.1, 0.15) is 31.3 Å². The molecule has 0 amide bonds. The molecule has 0 bridgehead atoms. The Balaban J connectivity index is 1.95. The van der Waals surface area contributed by atoms with Crippen LogP contribution in [0, 0.1) is 0 Å². The van der Waals surface area contributed by atoms with Crippen LogP contribution in [0.4, 0.5) is 0 Å². The number of nitrogens with two attached hydrogens (primary N) is 1. The molecule has 98 valence electrons. The lowest BCUT2D eigenvalue weighted by Gasteiger charge is -2.13. The van der Waals surface area contributed by atoms with Gasteiger partial charge in [-0.05, 0) is 20.9 Å². The number of thiazole rings is 1. The summed E-state index contributed by atoms with van der Waals surface area (Å²) in [5, 5.41) is 5.91. The average Bonchev–Trinajstić information content (AvgIpc) is 2.87. The van der Waals surface area contributed by atoms with E-state index in [1.807, 2.05) is 31.8 Å². The maximum absolute atomic E-state index is 5.90. The average molecular weight is 267 g/mol. The highest BCUT2D eigenvalue weighted by Gasteiger charge is 2.21. The zero-order valence-electron chi connectivity index (χ0n) is 10.8. The predicted octanol–water partition coefficient (Wildman–Crippen LogP) is 1.35. The Hall–Kier alpha value is -1.31. The van der Waals surface area contributed by atoms with Gasteiger partial charge in [-0.2, -0.15) is 4.98 Å². The van der Waals surface area contributed by atoms with Crippen molar-refractivity contribution in [2.75, 3.05) is 7.05 Å². The van der Waals surface area contributed by atoms with E-state index >= 15 is 0 Å². The van der Waals surface area contributed by atoms with Crippen molar-refractivity contribution in [1.29, 1.82) is 0 Å². The van der Waals surface area contributed by atoms with Gasteiger partial charge in [0.25, 0.3) is 0 Å². The molecule has 0 aliphatic rings. The van der Waals surface area contributed by atoms with Crippen molar-refractivity contribution in [2.45, 2.75) is 32.5 Å². The highest BCUT2D eigenvalue weighted by molar-refractivity contribution is 7.07. The Morgan fingerprint density at radius 2 is 2.22 bits per heavy atom. The van der Waals surface area contributed by atoms with Gasteiger partial charge in [0.2, 0.25) is 5.89 Å². The summed E-state index contributed by atoms with van der Waals surface area (Å²) in [6, 6.07) is 0. The van der Waals surface area contributed by atoms with Crippen molar-refractivity contribution in [3.8, 4) is 0 Å². The third-order valence-corrected chi connectivity index (χ3v) is 3.00. The van der Waals surface area contributed by atoms with Gasteiger partial charge in [0, 0.05) is 11.9 Å². The minimum Gasteiger partial charge on any atom is -0.338 e. The molecule has 0 spiro atoms. The molecule has 0 atom stereocenters. The second kappa shape index (κ2) is 5.13. The molecule has 0 aliphatic heterocycles. The predicted molar refractivity (Wildman–Crippen MR) is 68.8 cm³/mol. The van der Waals surface area contributed by atoms with E-state index in [9.17, 15) is 0 Å². The molecule has 0 fully saturated rings. The van der Waals surface area contributed by atoms with Gasteiger partial charge in [0.1, 0.15) is 0 Å². The first-order valence-corrected chi connectivity index (χ1v) is 6.57. The molecule has 2 rings (SSSR count). The van der Waals surface area contributed by atoms with Gasteiger partial charge in [-0.25, -0.2) is 4.98 Å². The summed E-state index contributed by atoms with van der Waals surface area (Å²) in [6.45, 7) is 5.04. The van der Waals surface area contributed by atoms with E-state index in [0.29, 0.717) is 18.3 Å². The number of hydrogen-bond acceptors (Lipinski definition) is 7. The first kappa shape index (κ1) is 13.1. The summed E-state index contributed by atoms with van der Waals surface area (Å²) in [7, 11) is 1.98. The third kappa shape index (κ3) is 3.34. The molecule has 2 heterocycles. The number of aromatic nitrogens is 3. The molecule has 2 aromatic rings. The van der Waals surface area contributed by atoms with Crippen molar-refractivity contribution in [3.05, 3.63) is 28.3 Å². The Morgan fingerprint density at radius 3 is 2.78 bits per heavy atom. The molecule has 0 saturated carbocycles. The maximum atomic E-state index is 5.90. The summed E-state index contributed by atoms with van der Waals surface area (Å²) < 4.78 is 5.18. The largest absolute Gasteiger partial charge is 0.338 e. The van der Waals surface area contributed by atoms with Crippen molar-refractivity contribution in [2.24, 2.45) is 5.73 Å². The lowest BCUT2D eigenvalue weighted by atomic mass is 10.1. The number of rotatable bonds is 5. The van der Waals surface area contributed by atoms with E-state index in [-0.39, 0.29) is 0 Å². The standard InChI is InChI=1S/C11H17N5OS/c1-11(2,12)10-14-9(17-15-10)5-16(3)4-8-6-18-7-13-8/h6-7H,4-5,12H2,1-3H3. The fourth-order valence-corrected chi connectivity index (χ4v) is 2.01. The highest BCUT2D eigenvalue weighted by atomic mass is 32.1. The first-order valence-electron chi connectivity index (χ1n) is 5.62. The van der Waals surface area contributed by atoms with Gasteiger partial charge < -0.3 is 10.3 Å². The van der Waals surface area contributed by atoms with Crippen LogP contribution in [0.2, 0.25) is 0 Å². The van der Waals surface area contributed by atoms with Gasteiger partial charge in [-0.3, -0.25) is 4.90 Å². The van der Waals surface area contributed by atoms with Crippen LogP contribution < -0.4 is 5.73 Å². The Morgan fingerprint density at radius 1 is 1.44 bits per heavy atom. The smallest absolute Gasteiger partial charge is 0.240 e. The van der Waals surface area contributed by atoms with E-state index in [4.69, 9.17) is 10.3 Å². The minimum absolute atomic E-state index is 0.527. The molecular formula is C11H17N5OS. The summed E-state index contributed by atoms with van der Waals surface area (Å²) in [5.74, 6) is 1.10. The molecule has 0 radical (unpaired) electrons. The topological polar surface area (TPSA) is 81.1 Å². The summed E-state index contributed by atoms with van der Waals surface area (Å²) in [6.07, 6.45) is 0. The zero-order valence-corrected chi connectivity index (χ0v) is 11.6. The van der Waals surface area contributed by atoms with Crippen LogP contribution in [-0.4, -0.2) is 27.1 Å². The van der Waals surface area contributed by atoms with E-state index in [1.165, 1.54) is 0 Å². The van der Waals surface area contributed by atoms with Gasteiger partial charge in [-0.15, -0.1) is 11.3 Å². The van der Waals surface area contributed by atoms with Gasteiger partial charge >= 0.3 is 0 Å². The third-order valence-electron chi connectivity index (χ3n) is 2.36. The van der Waals surface area contributed by atoms with Crippen LogP contribution in [0.3, 0.4) is 0 Å². The molecule has 18 heavy (non-hydrogen) atoms. The van der Waals surface area contributed by atoms with Crippen LogP contribution in [0.15, 0.2) is 15.4 Å². The lowest BCUT2D eigenvalue weighted by Crippen LogP contribution is -2.30. The SMILES string of the molecule is CN(Cc1cscn1)Cc1nc(C(C)(C)N)no1. The molecule has 6 nitrogen and oxygen atoms in total. The van der Waals surface area contributed by atoms with Gasteiger partial charge in [0.05, 0.1) is 23.3 Å². The number of nitrogens with zero attached hydrogens (tertiary/aromatic N) is 4. The molecule has 0 aliphatic carbocycles. The van der Waals surface area contributed by atoms with E-state index in [1.54, 1.807) is 11.3 Å². The van der Waals surface area contributed by atoms with Gasteiger partial charge in [0.15, 0.2) is 5.82 Å². The van der Waals surface area contributed by atoms with Crippen LogP contribution in [0.5, 0.6) is 0 Å². The second-order valence-corrected chi connectivity index (χ2v) is 5.60. The first-order chi connectivity index (χ1) is 8.45. The molecule has 0 aromatic carbocycles. The van der Waals surface area contributed by atoms with Crippen molar-refractivity contribution in [1.82, 2.24) is 20.0 Å². The fourth-order valence-electron chi connectivity index (χ4n) is 1.46. The highest BCUT2D eigenvalue weighted by Crippen LogP contribution is 2.14. The molecular weight excluding hydrogens is 250 g/mol. The monoisotopic (exact) mass is 267 g/mol. The van der Waals surface area contributed by atoms with E-state index in [0.717, 1.165) is 12.2 Å². The van der Waals surface area contributed by atoms with Crippen LogP contribution in [-0.2, 0) is 18.6 Å². The van der Waals surface area contributed by atoms with E-state index in [2.05, 4.69) is 20.0 Å². The fraction of sp³-hybridized carbons (Fsp3) is 0.545. The summed E-state index contributed by atoms with van der Waals surface area (Å²) >= 11 is 1.59. The van der Waals surface area contributed by atoms with Crippen LogP contribution >= 0.6 is 11.3 Å². The lowest BCUT2D eigenvalue weighted by molar-refractivity contribution is 0.257. The van der Waals surface area contributed by atoms with Crippen molar-refractivity contribution in [3.63, 3.8) is 0 Å². The normalized spacial score (nSPS) is 12.3.